The van der Waals surface area contributed by atoms with Gasteiger partial charge in [0.15, 0.2) is 0 Å². The molecule has 3 rings (SSSR count). The number of carbonyl (C=O) groups is 1. The van der Waals surface area contributed by atoms with E-state index in [0.717, 1.165) is 6.07 Å². The minimum Gasteiger partial charge on any atom is -0.322 e. The van der Waals surface area contributed by atoms with Crippen LogP contribution in [0.15, 0.2) is 77.7 Å². The molecule has 0 aliphatic heterocycles. The number of sulfonamides is 1. The maximum atomic E-state index is 13.9. The van der Waals surface area contributed by atoms with Crippen LogP contribution in [0.4, 0.5) is 28.9 Å². The van der Waals surface area contributed by atoms with Crippen LogP contribution in [-0.2, 0) is 16.2 Å². The molecule has 0 unspecified atom stereocenters. The normalized spacial score (nSPS) is 11.7. The molecule has 3 aromatic carbocycles. The van der Waals surface area contributed by atoms with Crippen molar-refractivity contribution in [3.63, 3.8) is 0 Å². The van der Waals surface area contributed by atoms with Crippen LogP contribution in [-0.4, -0.2) is 14.3 Å². The molecule has 30 heavy (non-hydrogen) atoms. The Kier molecular flexibility index (Phi) is 5.79. The highest BCUT2D eigenvalue weighted by molar-refractivity contribution is 7.92. The summed E-state index contributed by atoms with van der Waals surface area (Å²) in [5, 5.41) is 2.31. The summed E-state index contributed by atoms with van der Waals surface area (Å²) in [5.41, 5.74) is -1.28. The fraction of sp³-hybridized carbons (Fsp3) is 0.0500. The molecule has 10 heteroatoms. The third-order valence-electron chi connectivity index (χ3n) is 3.99. The molecular weight excluding hydrogens is 424 g/mol. The lowest BCUT2D eigenvalue weighted by molar-refractivity contribution is -0.137. The van der Waals surface area contributed by atoms with Crippen LogP contribution in [0.25, 0.3) is 0 Å². The van der Waals surface area contributed by atoms with Crippen LogP contribution < -0.4 is 10.0 Å². The van der Waals surface area contributed by atoms with E-state index in [4.69, 9.17) is 0 Å². The Morgan fingerprint density at radius 2 is 1.47 bits per heavy atom. The van der Waals surface area contributed by atoms with Crippen molar-refractivity contribution in [3.8, 4) is 0 Å². The maximum Gasteiger partial charge on any atom is 0.416 e. The number of benzene rings is 3. The highest BCUT2D eigenvalue weighted by Crippen LogP contribution is 2.30. The predicted octanol–water partition coefficient (Wildman–Crippen LogP) is 4.90. The van der Waals surface area contributed by atoms with E-state index >= 15 is 0 Å². The van der Waals surface area contributed by atoms with Gasteiger partial charge in [-0.05, 0) is 54.6 Å². The maximum absolute atomic E-state index is 13.9. The standard InChI is InChI=1S/C20H14F4N2O3S/c21-18-12-13(20(22,23)24)6-11-17(18)19(27)25-14-7-9-16(10-8-14)30(28,29)26-15-4-2-1-3-5-15/h1-12,26H,(H,25,27). The van der Waals surface area contributed by atoms with Crippen molar-refractivity contribution in [2.75, 3.05) is 10.0 Å². The first kappa shape index (κ1) is 21.3. The van der Waals surface area contributed by atoms with Crippen LogP contribution >= 0.6 is 0 Å². The molecule has 0 spiro atoms. The monoisotopic (exact) mass is 438 g/mol. The molecule has 0 aromatic heterocycles. The molecule has 1 amide bonds. The third kappa shape index (κ3) is 4.95. The van der Waals surface area contributed by atoms with Gasteiger partial charge in [-0.3, -0.25) is 9.52 Å². The summed E-state index contributed by atoms with van der Waals surface area (Å²) >= 11 is 0. The Hall–Kier alpha value is -3.40. The Morgan fingerprint density at radius 1 is 0.833 bits per heavy atom. The van der Waals surface area contributed by atoms with E-state index in [2.05, 4.69) is 10.0 Å². The van der Waals surface area contributed by atoms with E-state index in [0.29, 0.717) is 11.8 Å². The number of nitrogens with one attached hydrogen (secondary N) is 2. The van der Waals surface area contributed by atoms with Gasteiger partial charge in [0.25, 0.3) is 15.9 Å². The zero-order chi connectivity index (χ0) is 21.9. The number of rotatable bonds is 5. The van der Waals surface area contributed by atoms with Gasteiger partial charge < -0.3 is 5.32 Å². The molecule has 0 atom stereocenters. The van der Waals surface area contributed by atoms with Gasteiger partial charge >= 0.3 is 6.18 Å². The minimum absolute atomic E-state index is 0.0786. The first-order valence-corrected chi connectivity index (χ1v) is 9.90. The van der Waals surface area contributed by atoms with Crippen molar-refractivity contribution in [2.24, 2.45) is 0 Å². The zero-order valence-corrected chi connectivity index (χ0v) is 15.9. The summed E-state index contributed by atoms with van der Waals surface area (Å²) in [4.78, 5) is 12.1. The van der Waals surface area contributed by atoms with E-state index in [-0.39, 0.29) is 16.6 Å². The molecule has 2 N–H and O–H groups in total. The third-order valence-corrected chi connectivity index (χ3v) is 5.39. The second-order valence-electron chi connectivity index (χ2n) is 6.14. The number of hydrogen-bond donors (Lipinski definition) is 2. The van der Waals surface area contributed by atoms with Gasteiger partial charge in [-0.15, -0.1) is 0 Å². The number of hydrogen-bond acceptors (Lipinski definition) is 3. The topological polar surface area (TPSA) is 75.3 Å². The second kappa shape index (κ2) is 8.15. The number of halogens is 4. The number of carbonyl (C=O) groups excluding carboxylic acids is 1. The van der Waals surface area contributed by atoms with E-state index < -0.39 is 39.1 Å². The van der Waals surface area contributed by atoms with E-state index in [1.807, 2.05) is 0 Å². The SMILES string of the molecule is O=C(Nc1ccc(S(=O)(=O)Nc2ccccc2)cc1)c1ccc(C(F)(F)F)cc1F. The van der Waals surface area contributed by atoms with Gasteiger partial charge in [0, 0.05) is 11.4 Å². The summed E-state index contributed by atoms with van der Waals surface area (Å²) in [5.74, 6) is -2.30. The van der Waals surface area contributed by atoms with Crippen LogP contribution in [0.3, 0.4) is 0 Å². The summed E-state index contributed by atoms with van der Waals surface area (Å²) in [6.45, 7) is 0. The van der Waals surface area contributed by atoms with Crippen molar-refractivity contribution < 1.29 is 30.8 Å². The minimum atomic E-state index is -4.73. The number of amides is 1. The predicted molar refractivity (Wildman–Crippen MR) is 103 cm³/mol. The molecule has 0 heterocycles. The molecule has 0 radical (unpaired) electrons. The average Bonchev–Trinajstić information content (AvgIpc) is 2.68. The van der Waals surface area contributed by atoms with Crippen LogP contribution in [0, 0.1) is 5.82 Å². The van der Waals surface area contributed by atoms with Crippen molar-refractivity contribution in [3.05, 3.63) is 89.7 Å². The van der Waals surface area contributed by atoms with Gasteiger partial charge in [0.2, 0.25) is 0 Å². The van der Waals surface area contributed by atoms with Gasteiger partial charge in [-0.1, -0.05) is 18.2 Å². The Balaban J connectivity index is 1.73. The average molecular weight is 438 g/mol. The van der Waals surface area contributed by atoms with Crippen LogP contribution in [0.5, 0.6) is 0 Å². The molecule has 0 saturated heterocycles. The van der Waals surface area contributed by atoms with Crippen molar-refractivity contribution in [1.29, 1.82) is 0 Å². The first-order valence-electron chi connectivity index (χ1n) is 8.42. The fourth-order valence-corrected chi connectivity index (χ4v) is 3.57. The van der Waals surface area contributed by atoms with Crippen molar-refractivity contribution >= 4 is 27.3 Å². The Morgan fingerprint density at radius 3 is 2.03 bits per heavy atom. The highest BCUT2D eigenvalue weighted by atomic mass is 32.2. The van der Waals surface area contributed by atoms with Gasteiger partial charge in [0.1, 0.15) is 5.82 Å². The zero-order valence-electron chi connectivity index (χ0n) is 15.1. The summed E-state index contributed by atoms with van der Waals surface area (Å²) in [6.07, 6.45) is -4.73. The summed E-state index contributed by atoms with van der Waals surface area (Å²) < 4.78 is 78.8. The number of anilines is 2. The van der Waals surface area contributed by atoms with E-state index in [9.17, 15) is 30.8 Å². The summed E-state index contributed by atoms with van der Waals surface area (Å²) in [6, 6.07) is 14.8. The smallest absolute Gasteiger partial charge is 0.322 e. The lowest BCUT2D eigenvalue weighted by atomic mass is 10.1. The van der Waals surface area contributed by atoms with Gasteiger partial charge in [-0.25, -0.2) is 12.8 Å². The van der Waals surface area contributed by atoms with Crippen LogP contribution in [0.1, 0.15) is 15.9 Å². The molecule has 0 saturated carbocycles. The molecule has 0 bridgehead atoms. The second-order valence-corrected chi connectivity index (χ2v) is 7.82. The summed E-state index contributed by atoms with van der Waals surface area (Å²) in [7, 11) is -3.87. The van der Waals surface area contributed by atoms with Crippen molar-refractivity contribution in [1.82, 2.24) is 0 Å². The van der Waals surface area contributed by atoms with Gasteiger partial charge in [-0.2, -0.15) is 13.2 Å². The van der Waals surface area contributed by atoms with E-state index in [1.54, 1.807) is 30.3 Å². The van der Waals surface area contributed by atoms with Crippen molar-refractivity contribution in [2.45, 2.75) is 11.1 Å². The number of para-hydroxylation sites is 1. The Bertz CT molecular complexity index is 1160. The first-order chi connectivity index (χ1) is 14.1. The largest absolute Gasteiger partial charge is 0.416 e. The molecule has 5 nitrogen and oxygen atoms in total. The fourth-order valence-electron chi connectivity index (χ4n) is 2.51. The van der Waals surface area contributed by atoms with Crippen LogP contribution in [0.2, 0.25) is 0 Å². The quantitative estimate of drug-likeness (QED) is 0.557. The lowest BCUT2D eigenvalue weighted by Gasteiger charge is -2.11. The molecule has 0 aliphatic rings. The molecule has 156 valence electrons. The lowest BCUT2D eigenvalue weighted by Crippen LogP contribution is -2.16. The molecule has 0 aliphatic carbocycles. The molecular formula is C20H14F4N2O3S. The molecule has 3 aromatic rings. The highest BCUT2D eigenvalue weighted by Gasteiger charge is 2.31. The van der Waals surface area contributed by atoms with E-state index in [1.165, 1.54) is 24.3 Å². The Labute approximate surface area is 169 Å². The molecule has 0 fully saturated rings. The van der Waals surface area contributed by atoms with Gasteiger partial charge in [0.05, 0.1) is 16.0 Å². The number of alkyl halides is 3.